The zero-order valence-corrected chi connectivity index (χ0v) is 14.5. The highest BCUT2D eigenvalue weighted by Gasteiger charge is 2.27. The van der Waals surface area contributed by atoms with E-state index < -0.39 is 0 Å². The highest BCUT2D eigenvalue weighted by molar-refractivity contribution is 5.96. The van der Waals surface area contributed by atoms with Crippen LogP contribution in [0.4, 0.5) is 4.39 Å². The molecule has 1 aromatic carbocycles. The van der Waals surface area contributed by atoms with Crippen LogP contribution in [0.15, 0.2) is 24.3 Å². The molecule has 2 heterocycles. The summed E-state index contributed by atoms with van der Waals surface area (Å²) < 4.78 is 21.4. The predicted octanol–water partition coefficient (Wildman–Crippen LogP) is 4.08. The molecule has 128 valence electrons. The topological polar surface area (TPSA) is 43.3 Å². The van der Waals surface area contributed by atoms with Crippen molar-refractivity contribution < 1.29 is 13.9 Å². The molecule has 0 radical (unpaired) electrons. The van der Waals surface area contributed by atoms with Crippen LogP contribution >= 0.6 is 0 Å². The van der Waals surface area contributed by atoms with Crippen LogP contribution in [-0.4, -0.2) is 17.1 Å². The van der Waals surface area contributed by atoms with Gasteiger partial charge in [0, 0.05) is 29.4 Å². The number of carbonyl (C=O) groups excluding carboxylic acids is 1. The van der Waals surface area contributed by atoms with Gasteiger partial charge in [0.05, 0.1) is 18.2 Å². The highest BCUT2D eigenvalue weighted by atomic mass is 19.1. The Morgan fingerprint density at radius 1 is 1.38 bits per heavy atom. The van der Waals surface area contributed by atoms with Crippen LogP contribution in [0.25, 0.3) is 0 Å². The molecular formula is C19H23FN2O2. The summed E-state index contributed by atoms with van der Waals surface area (Å²) >= 11 is 0. The first-order chi connectivity index (χ1) is 11.4. The van der Waals surface area contributed by atoms with Crippen LogP contribution in [0.5, 0.6) is 5.75 Å². The number of nitrogens with zero attached hydrogens (tertiary/aromatic N) is 1. The van der Waals surface area contributed by atoms with Crippen LogP contribution in [0, 0.1) is 19.7 Å². The van der Waals surface area contributed by atoms with Crippen molar-refractivity contribution in [2.24, 2.45) is 0 Å². The number of fused-ring (bicyclic) bond motifs is 1. The summed E-state index contributed by atoms with van der Waals surface area (Å²) in [6.07, 6.45) is 0.630. The molecule has 2 aromatic rings. The minimum Gasteiger partial charge on any atom is -0.490 e. The summed E-state index contributed by atoms with van der Waals surface area (Å²) in [5.74, 6) is -0.261. The minimum absolute atomic E-state index is 0.128. The maximum atomic E-state index is 13.9. The molecule has 0 aliphatic carbocycles. The summed E-state index contributed by atoms with van der Waals surface area (Å²) in [5.41, 5.74) is 3.38. The summed E-state index contributed by atoms with van der Waals surface area (Å²) in [7, 11) is 0. The van der Waals surface area contributed by atoms with Gasteiger partial charge in [0.1, 0.15) is 0 Å². The van der Waals surface area contributed by atoms with Gasteiger partial charge in [-0.15, -0.1) is 0 Å². The molecule has 24 heavy (non-hydrogen) atoms. The van der Waals surface area contributed by atoms with Gasteiger partial charge >= 0.3 is 0 Å². The molecular weight excluding hydrogens is 307 g/mol. The molecule has 1 N–H and O–H groups in total. The number of aryl methyl sites for hydroxylation is 1. The van der Waals surface area contributed by atoms with Gasteiger partial charge in [-0.1, -0.05) is 12.1 Å². The van der Waals surface area contributed by atoms with Crippen LogP contribution in [-0.2, 0) is 0 Å². The van der Waals surface area contributed by atoms with E-state index in [-0.39, 0.29) is 23.5 Å². The van der Waals surface area contributed by atoms with Crippen molar-refractivity contribution in [1.29, 1.82) is 0 Å². The number of hydrogen-bond acceptors (Lipinski definition) is 2. The quantitative estimate of drug-likeness (QED) is 0.921. The second-order valence-electron chi connectivity index (χ2n) is 6.57. The number of carbonyl (C=O) groups is 1. The first-order valence-corrected chi connectivity index (χ1v) is 8.30. The number of para-hydroxylation sites is 1. The fourth-order valence-corrected chi connectivity index (χ4v) is 3.57. The highest BCUT2D eigenvalue weighted by Crippen LogP contribution is 2.34. The van der Waals surface area contributed by atoms with E-state index in [1.54, 1.807) is 12.1 Å². The Kier molecular flexibility index (Phi) is 4.35. The third kappa shape index (κ3) is 2.79. The predicted molar refractivity (Wildman–Crippen MR) is 91.0 cm³/mol. The minimum atomic E-state index is -0.385. The average Bonchev–Trinajstić information content (AvgIpc) is 2.83. The normalized spacial score (nSPS) is 16.7. The zero-order valence-electron chi connectivity index (χ0n) is 14.5. The number of halogens is 1. The Balaban J connectivity index is 1.87. The molecule has 3 rings (SSSR count). The molecule has 1 aliphatic heterocycles. The van der Waals surface area contributed by atoms with Gasteiger partial charge in [0.25, 0.3) is 5.91 Å². The largest absolute Gasteiger partial charge is 0.490 e. The summed E-state index contributed by atoms with van der Waals surface area (Å²) in [5, 5.41) is 3.04. The fourth-order valence-electron chi connectivity index (χ4n) is 3.57. The number of aromatic nitrogens is 1. The third-order valence-electron chi connectivity index (χ3n) is 4.58. The second-order valence-corrected chi connectivity index (χ2v) is 6.57. The smallest absolute Gasteiger partial charge is 0.253 e. The SMILES string of the molecule is Cc1cc(C(=O)NC2CCOc3c(F)cccc32)c(C)n1C(C)C. The van der Waals surface area contributed by atoms with E-state index in [0.717, 1.165) is 11.4 Å². The fraction of sp³-hybridized carbons (Fsp3) is 0.421. The number of rotatable bonds is 3. The van der Waals surface area contributed by atoms with Crippen molar-refractivity contribution >= 4 is 5.91 Å². The molecule has 5 heteroatoms. The van der Waals surface area contributed by atoms with Gasteiger partial charge in [-0.25, -0.2) is 4.39 Å². The molecule has 0 saturated heterocycles. The van der Waals surface area contributed by atoms with Crippen molar-refractivity contribution in [3.05, 3.63) is 52.6 Å². The van der Waals surface area contributed by atoms with Crippen LogP contribution in [0.2, 0.25) is 0 Å². The van der Waals surface area contributed by atoms with Gasteiger partial charge in [0.2, 0.25) is 0 Å². The molecule has 4 nitrogen and oxygen atoms in total. The average molecular weight is 330 g/mol. The van der Waals surface area contributed by atoms with E-state index in [9.17, 15) is 9.18 Å². The first-order valence-electron chi connectivity index (χ1n) is 8.30. The number of hydrogen-bond donors (Lipinski definition) is 1. The monoisotopic (exact) mass is 330 g/mol. The van der Waals surface area contributed by atoms with Gasteiger partial charge in [0.15, 0.2) is 11.6 Å². The van der Waals surface area contributed by atoms with Crippen LogP contribution < -0.4 is 10.1 Å². The van der Waals surface area contributed by atoms with Gasteiger partial charge in [-0.2, -0.15) is 0 Å². The lowest BCUT2D eigenvalue weighted by Gasteiger charge is -2.27. The lowest BCUT2D eigenvalue weighted by molar-refractivity contribution is 0.0923. The van der Waals surface area contributed by atoms with Crippen molar-refractivity contribution in [2.75, 3.05) is 6.61 Å². The Morgan fingerprint density at radius 3 is 2.79 bits per heavy atom. The standard InChI is InChI=1S/C19H23FN2O2/c1-11(2)22-12(3)10-15(13(22)4)19(23)21-17-8-9-24-18-14(17)6-5-7-16(18)20/h5-7,10-11,17H,8-9H2,1-4H3,(H,21,23). The lowest BCUT2D eigenvalue weighted by atomic mass is 10.00. The van der Waals surface area contributed by atoms with Crippen molar-refractivity contribution in [2.45, 2.75) is 46.2 Å². The molecule has 0 saturated carbocycles. The zero-order chi connectivity index (χ0) is 17.4. The Labute approximate surface area is 141 Å². The molecule has 0 fully saturated rings. The molecule has 1 atom stereocenters. The van der Waals surface area contributed by atoms with Gasteiger partial charge in [-0.05, 0) is 39.8 Å². The maximum absolute atomic E-state index is 13.9. The van der Waals surface area contributed by atoms with Crippen LogP contribution in [0.3, 0.4) is 0 Å². The van der Waals surface area contributed by atoms with E-state index in [0.29, 0.717) is 30.2 Å². The Bertz CT molecular complexity index is 780. The molecule has 0 bridgehead atoms. The number of nitrogens with one attached hydrogen (secondary N) is 1. The molecule has 1 unspecified atom stereocenters. The van der Waals surface area contributed by atoms with E-state index in [2.05, 4.69) is 23.7 Å². The number of ether oxygens (including phenoxy) is 1. The summed E-state index contributed by atoms with van der Waals surface area (Å²) in [6, 6.07) is 6.80. The molecule has 1 aliphatic rings. The summed E-state index contributed by atoms with van der Waals surface area (Å²) in [4.78, 5) is 12.8. The van der Waals surface area contributed by atoms with Crippen molar-refractivity contribution in [1.82, 2.24) is 9.88 Å². The molecule has 0 spiro atoms. The molecule has 1 aromatic heterocycles. The van der Waals surface area contributed by atoms with E-state index in [1.165, 1.54) is 6.07 Å². The van der Waals surface area contributed by atoms with E-state index in [4.69, 9.17) is 4.74 Å². The number of benzene rings is 1. The summed E-state index contributed by atoms with van der Waals surface area (Å²) in [6.45, 7) is 8.55. The van der Waals surface area contributed by atoms with E-state index >= 15 is 0 Å². The van der Waals surface area contributed by atoms with Crippen molar-refractivity contribution in [3.63, 3.8) is 0 Å². The Hall–Kier alpha value is -2.30. The van der Waals surface area contributed by atoms with Gasteiger partial charge < -0.3 is 14.6 Å². The third-order valence-corrected chi connectivity index (χ3v) is 4.58. The second kappa shape index (κ2) is 6.30. The first kappa shape index (κ1) is 16.6. The Morgan fingerprint density at radius 2 is 2.12 bits per heavy atom. The van der Waals surface area contributed by atoms with Gasteiger partial charge in [-0.3, -0.25) is 4.79 Å². The van der Waals surface area contributed by atoms with Crippen LogP contribution in [0.1, 0.15) is 59.7 Å². The molecule has 1 amide bonds. The van der Waals surface area contributed by atoms with Crippen molar-refractivity contribution in [3.8, 4) is 5.75 Å². The van der Waals surface area contributed by atoms with E-state index in [1.807, 2.05) is 19.9 Å². The lowest BCUT2D eigenvalue weighted by Crippen LogP contribution is -2.32. The maximum Gasteiger partial charge on any atom is 0.253 e. The number of amides is 1.